The summed E-state index contributed by atoms with van der Waals surface area (Å²) in [6.45, 7) is 0. The fourth-order valence-electron chi connectivity index (χ4n) is 11.3. The summed E-state index contributed by atoms with van der Waals surface area (Å²) >= 11 is 0. The van der Waals surface area contributed by atoms with Gasteiger partial charge in [-0.2, -0.15) is 0 Å². The Morgan fingerprint density at radius 2 is 0.681 bits per heavy atom. The molecule has 1 radical (unpaired) electrons. The molecule has 0 spiro atoms. The van der Waals surface area contributed by atoms with Gasteiger partial charge in [0.2, 0.25) is 0 Å². The third-order valence-electron chi connectivity index (χ3n) is 13.5. The van der Waals surface area contributed by atoms with E-state index in [-0.39, 0.29) is 20.1 Å². The van der Waals surface area contributed by atoms with Crippen molar-refractivity contribution in [3.63, 3.8) is 0 Å². The first-order valence-electron chi connectivity index (χ1n) is 19.5. The summed E-state index contributed by atoms with van der Waals surface area (Å²) in [5, 5.41) is 4.03. The monoisotopic (exact) mass is 857 g/mol. The number of hydrogen-bond donors (Lipinski definition) is 0. The van der Waals surface area contributed by atoms with Crippen LogP contribution in [0.5, 0.6) is 0 Å². The largest absolute Gasteiger partial charge is 0 e. The third kappa shape index (κ3) is 7.35. The van der Waals surface area contributed by atoms with Gasteiger partial charge in [0.05, 0.1) is 0 Å². The van der Waals surface area contributed by atoms with Crippen LogP contribution in [0.4, 0.5) is 16.2 Å². The fraction of sp³-hybridized carbons (Fsp3) is 0.683. The van der Waals surface area contributed by atoms with Crippen LogP contribution >= 0.6 is 14.5 Å². The van der Waals surface area contributed by atoms with Crippen LogP contribution in [0, 0.1) is 0 Å². The minimum absolute atomic E-state index is 0. The van der Waals surface area contributed by atoms with Gasteiger partial charge in [-0.1, -0.05) is 0 Å². The van der Waals surface area contributed by atoms with E-state index in [2.05, 4.69) is 86.5 Å². The van der Waals surface area contributed by atoms with Gasteiger partial charge < -0.3 is 0 Å². The van der Waals surface area contributed by atoms with Crippen LogP contribution in [0.2, 0.25) is 0 Å². The molecule has 0 aromatic heterocycles. The Morgan fingerprint density at radius 3 is 0.894 bits per heavy atom. The zero-order chi connectivity index (χ0) is 32.1. The quantitative estimate of drug-likeness (QED) is 0.223. The molecule has 6 rings (SSSR count). The van der Waals surface area contributed by atoms with Crippen LogP contribution in [0.1, 0.15) is 128 Å². The summed E-state index contributed by atoms with van der Waals surface area (Å²) in [5.74, 6) is 0. The van der Waals surface area contributed by atoms with Crippen molar-refractivity contribution in [2.75, 3.05) is 38.0 Å². The van der Waals surface area contributed by atoms with Gasteiger partial charge in [-0.15, -0.1) is 0 Å². The van der Waals surface area contributed by atoms with Crippen molar-refractivity contribution in [2.45, 2.75) is 151 Å². The smallest absolute Gasteiger partial charge is 0 e. The average molecular weight is 857 g/mol. The second kappa shape index (κ2) is 17.0. The molecule has 47 heavy (non-hydrogen) atoms. The number of hydrogen-bond acceptors (Lipinski definition) is 3. The molecule has 6 heteroatoms. The first-order valence-corrected chi connectivity index (χ1v) is 23.8. The first kappa shape index (κ1) is 37.5. The number of rotatable bonds is 10. The van der Waals surface area contributed by atoms with Gasteiger partial charge in [0, 0.05) is 20.1 Å². The van der Waals surface area contributed by atoms with E-state index in [1.165, 1.54) is 150 Å². The molecule has 4 fully saturated rings. The summed E-state index contributed by atoms with van der Waals surface area (Å²) in [7, 11) is 3.33. The molecular weight excluding hydrogens is 791 g/mol. The molecule has 0 unspecified atom stereocenters. The molecule has 0 heterocycles. The van der Waals surface area contributed by atoms with Crippen molar-refractivity contribution in [3.05, 3.63) is 48.5 Å². The Labute approximate surface area is 302 Å². The minimum Gasteiger partial charge on any atom is 0 e. The Hall–Kier alpha value is -0.781. The molecule has 0 amide bonds. The van der Waals surface area contributed by atoms with Crippen LogP contribution < -0.4 is 20.4 Å². The van der Waals surface area contributed by atoms with Crippen LogP contribution in [0.15, 0.2) is 48.5 Å². The number of anilines is 2. The van der Waals surface area contributed by atoms with E-state index >= 15 is 4.79 Å². The molecule has 4 saturated carbocycles. The summed E-state index contributed by atoms with van der Waals surface area (Å²) in [6, 6.07) is 19.6. The summed E-state index contributed by atoms with van der Waals surface area (Å²) in [4.78, 5) is 21.7. The minimum atomic E-state index is -2.66. The van der Waals surface area contributed by atoms with Crippen molar-refractivity contribution in [1.29, 1.82) is 0 Å². The maximum absolute atomic E-state index is 17.2. The van der Waals surface area contributed by atoms with E-state index in [1.54, 1.807) is 0 Å². The number of carbonyl (C=O) groups is 1. The Morgan fingerprint density at radius 1 is 0.447 bits per heavy atom. The van der Waals surface area contributed by atoms with Gasteiger partial charge in [0.25, 0.3) is 0 Å². The van der Waals surface area contributed by atoms with Gasteiger partial charge >= 0.3 is 284 Å². The predicted molar refractivity (Wildman–Crippen MR) is 210 cm³/mol. The molecular formula is C41H66IrN2OP2. The molecule has 3 nitrogen and oxygen atoms in total. The SMILES string of the molecule is CN(C)c1ccc([PH](C(=O)[PH](c2ccc(N(C)C)cc2)(C2CCCCC2)C2CCCCC2)(C2CCCCC2)C2CCCCC2)cc1.[Ir]. The van der Waals surface area contributed by atoms with Crippen LogP contribution in [-0.2, 0) is 20.1 Å². The van der Waals surface area contributed by atoms with Gasteiger partial charge in [-0.3, -0.25) is 0 Å². The van der Waals surface area contributed by atoms with E-state index in [1.807, 2.05) is 0 Å². The zero-order valence-electron chi connectivity index (χ0n) is 30.2. The molecule has 2 aromatic rings. The second-order valence-electron chi connectivity index (χ2n) is 16.3. The molecule has 0 saturated heterocycles. The van der Waals surface area contributed by atoms with Crippen molar-refractivity contribution < 1.29 is 24.9 Å². The zero-order valence-corrected chi connectivity index (χ0v) is 34.6. The Bertz CT molecular complexity index is 1120. The first-order chi connectivity index (χ1) is 22.4. The van der Waals surface area contributed by atoms with E-state index in [4.69, 9.17) is 0 Å². The van der Waals surface area contributed by atoms with Crippen LogP contribution in [-0.4, -0.2) is 56.1 Å². The maximum Gasteiger partial charge on any atom is 0 e. The summed E-state index contributed by atoms with van der Waals surface area (Å²) < 4.78 is 0. The van der Waals surface area contributed by atoms with Crippen LogP contribution in [0.3, 0.4) is 0 Å². The van der Waals surface area contributed by atoms with Crippen molar-refractivity contribution >= 4 is 41.8 Å². The van der Waals surface area contributed by atoms with E-state index in [0.29, 0.717) is 22.6 Å². The van der Waals surface area contributed by atoms with E-state index in [0.717, 1.165) is 5.27 Å². The second-order valence-corrected chi connectivity index (χ2v) is 25.6. The van der Waals surface area contributed by atoms with Gasteiger partial charge in [-0.25, -0.2) is 0 Å². The molecule has 0 N–H and O–H groups in total. The molecule has 4 aliphatic rings. The summed E-state index contributed by atoms with van der Waals surface area (Å²) in [5.41, 5.74) is 5.00. The maximum atomic E-state index is 17.2. The molecule has 4 aliphatic carbocycles. The average Bonchev–Trinajstić information content (AvgIpc) is 3.11. The van der Waals surface area contributed by atoms with E-state index in [9.17, 15) is 0 Å². The molecule has 2 aromatic carbocycles. The van der Waals surface area contributed by atoms with Crippen molar-refractivity contribution in [3.8, 4) is 0 Å². The Kier molecular flexibility index (Phi) is 13.5. The summed E-state index contributed by atoms with van der Waals surface area (Å²) in [6.07, 6.45) is 26.4. The van der Waals surface area contributed by atoms with E-state index < -0.39 is 14.5 Å². The van der Waals surface area contributed by atoms with Crippen molar-refractivity contribution in [2.24, 2.45) is 0 Å². The topological polar surface area (TPSA) is 23.6 Å². The molecule has 0 atom stereocenters. The van der Waals surface area contributed by atoms with Gasteiger partial charge in [0.1, 0.15) is 0 Å². The van der Waals surface area contributed by atoms with Gasteiger partial charge in [0.15, 0.2) is 0 Å². The number of carbonyl (C=O) groups excluding carboxylic acids is 1. The molecule has 0 aliphatic heterocycles. The van der Waals surface area contributed by atoms with Gasteiger partial charge in [-0.05, 0) is 0 Å². The standard InChI is InChI=1S/C41H66N2OP2.Ir/c1-42(2)33-25-29-39(30-26-33)45(35-17-9-5-10-18-35,36-19-11-6-12-20-36)41(44)46(37-21-13-7-14-22-37,38-23-15-8-16-24-38)40-31-27-34(28-32-40)43(3)4;/h25-32,35-38,45-46H,5-24H2,1-4H3;. The molecule has 265 valence electrons. The number of nitrogens with zero attached hydrogens (tertiary/aromatic N) is 2. The third-order valence-corrected chi connectivity index (χ3v) is 27.5. The van der Waals surface area contributed by atoms with Crippen LogP contribution in [0.25, 0.3) is 0 Å². The predicted octanol–water partition coefficient (Wildman–Crippen LogP) is 10.7. The number of benzene rings is 2. The normalized spacial score (nSPS) is 21.9. The Balaban J connectivity index is 0.00000433. The fourth-order valence-corrected chi connectivity index (χ4v) is 29.3. The van der Waals surface area contributed by atoms with Crippen molar-refractivity contribution in [1.82, 2.24) is 0 Å². The molecule has 0 bridgehead atoms.